The molecule has 6 heteroatoms. The van der Waals surface area contributed by atoms with Crippen LogP contribution in [0.3, 0.4) is 0 Å². The zero-order valence-electron chi connectivity index (χ0n) is 10.5. The third-order valence-electron chi connectivity index (χ3n) is 2.43. The molecule has 0 fully saturated rings. The van der Waals surface area contributed by atoms with Crippen LogP contribution >= 0.6 is 11.8 Å². The van der Waals surface area contributed by atoms with E-state index in [0.29, 0.717) is 11.6 Å². The Balaban J connectivity index is 1.97. The highest BCUT2D eigenvalue weighted by Crippen LogP contribution is 2.23. The van der Waals surface area contributed by atoms with E-state index in [2.05, 4.69) is 17.1 Å². The Labute approximate surface area is 115 Å². The van der Waals surface area contributed by atoms with Gasteiger partial charge in [-0.25, -0.2) is 4.79 Å². The van der Waals surface area contributed by atoms with E-state index in [9.17, 15) is 4.79 Å². The molecule has 0 amide bonds. The smallest absolute Gasteiger partial charge is 0.335 e. The number of rotatable bonds is 6. The Morgan fingerprint density at radius 2 is 2.32 bits per heavy atom. The fraction of sp³-hybridized carbons (Fsp3) is 0.308. The number of carboxylic acid groups (broad SMARTS) is 1. The first kappa shape index (κ1) is 13.6. The second-order valence-electron chi connectivity index (χ2n) is 3.98. The highest BCUT2D eigenvalue weighted by molar-refractivity contribution is 7.98. The van der Waals surface area contributed by atoms with Gasteiger partial charge < -0.3 is 9.63 Å². The lowest BCUT2D eigenvalue weighted by Gasteiger charge is -1.99. The van der Waals surface area contributed by atoms with Crippen molar-refractivity contribution in [1.82, 2.24) is 10.1 Å². The van der Waals surface area contributed by atoms with E-state index < -0.39 is 5.97 Å². The van der Waals surface area contributed by atoms with Crippen molar-refractivity contribution in [2.24, 2.45) is 0 Å². The van der Waals surface area contributed by atoms with E-state index in [0.717, 1.165) is 23.6 Å². The molecule has 0 unspecified atom stereocenters. The first-order chi connectivity index (χ1) is 9.19. The van der Waals surface area contributed by atoms with Gasteiger partial charge in [0.1, 0.15) is 0 Å². The number of thioether (sulfide) groups is 1. The number of carbonyl (C=O) groups is 1. The number of aromatic nitrogens is 2. The van der Waals surface area contributed by atoms with E-state index in [1.807, 2.05) is 6.07 Å². The lowest BCUT2D eigenvalue weighted by molar-refractivity contribution is 0.0696. The molecular weight excluding hydrogens is 264 g/mol. The maximum absolute atomic E-state index is 10.9. The van der Waals surface area contributed by atoms with E-state index in [-0.39, 0.29) is 5.56 Å². The summed E-state index contributed by atoms with van der Waals surface area (Å²) in [6.45, 7) is 2.06. The van der Waals surface area contributed by atoms with Gasteiger partial charge in [-0.1, -0.05) is 18.1 Å². The summed E-state index contributed by atoms with van der Waals surface area (Å²) in [7, 11) is 0. The van der Waals surface area contributed by atoms with Gasteiger partial charge >= 0.3 is 5.97 Å². The molecule has 0 saturated carbocycles. The molecule has 0 bridgehead atoms. The number of nitrogens with zero attached hydrogens (tertiary/aromatic N) is 2. The summed E-state index contributed by atoms with van der Waals surface area (Å²) >= 11 is 1.48. The van der Waals surface area contributed by atoms with Gasteiger partial charge in [0.2, 0.25) is 5.89 Å². The van der Waals surface area contributed by atoms with Crippen LogP contribution in [0.2, 0.25) is 0 Å². The lowest BCUT2D eigenvalue weighted by Crippen LogP contribution is -1.95. The molecule has 2 aromatic rings. The lowest BCUT2D eigenvalue weighted by atomic mass is 10.2. The Bertz CT molecular complexity index is 569. The Hall–Kier alpha value is -1.82. The predicted molar refractivity (Wildman–Crippen MR) is 71.3 cm³/mol. The van der Waals surface area contributed by atoms with Crippen molar-refractivity contribution in [2.45, 2.75) is 30.4 Å². The molecule has 0 spiro atoms. The van der Waals surface area contributed by atoms with Crippen molar-refractivity contribution in [3.05, 3.63) is 41.5 Å². The van der Waals surface area contributed by atoms with Crippen molar-refractivity contribution in [1.29, 1.82) is 0 Å². The normalized spacial score (nSPS) is 10.6. The molecule has 0 aliphatic rings. The summed E-state index contributed by atoms with van der Waals surface area (Å²) in [5.41, 5.74) is 0.280. The topological polar surface area (TPSA) is 76.2 Å². The molecule has 1 N–H and O–H groups in total. The van der Waals surface area contributed by atoms with Gasteiger partial charge in [0.05, 0.1) is 11.3 Å². The molecule has 1 aromatic heterocycles. The standard InChI is InChI=1S/C13H14N2O3S/c1-2-4-11-14-12(18-15-11)8-19-10-6-3-5-9(7-10)13(16)17/h3,5-7H,2,4,8H2,1H3,(H,16,17). The quantitative estimate of drug-likeness (QED) is 0.818. The SMILES string of the molecule is CCCc1noc(CSc2cccc(C(=O)O)c2)n1. The number of hydrogen-bond acceptors (Lipinski definition) is 5. The van der Waals surface area contributed by atoms with Gasteiger partial charge in [-0.15, -0.1) is 11.8 Å². The number of aromatic carboxylic acids is 1. The average Bonchev–Trinajstić information content (AvgIpc) is 2.85. The summed E-state index contributed by atoms with van der Waals surface area (Å²) in [6, 6.07) is 6.79. The van der Waals surface area contributed by atoms with Crippen molar-refractivity contribution in [3.8, 4) is 0 Å². The average molecular weight is 278 g/mol. The van der Waals surface area contributed by atoms with Crippen molar-refractivity contribution in [2.75, 3.05) is 0 Å². The summed E-state index contributed by atoms with van der Waals surface area (Å²) in [6.07, 6.45) is 1.79. The maximum Gasteiger partial charge on any atom is 0.335 e. The summed E-state index contributed by atoms with van der Waals surface area (Å²) in [4.78, 5) is 16.0. The van der Waals surface area contributed by atoms with Crippen LogP contribution in [-0.2, 0) is 12.2 Å². The first-order valence-electron chi connectivity index (χ1n) is 5.96. The van der Waals surface area contributed by atoms with Crippen molar-refractivity contribution < 1.29 is 14.4 Å². The van der Waals surface area contributed by atoms with Crippen LogP contribution in [0.1, 0.15) is 35.4 Å². The van der Waals surface area contributed by atoms with E-state index in [1.165, 1.54) is 11.8 Å². The first-order valence-corrected chi connectivity index (χ1v) is 6.95. The molecule has 19 heavy (non-hydrogen) atoms. The van der Waals surface area contributed by atoms with Gasteiger partial charge in [0.25, 0.3) is 0 Å². The fourth-order valence-corrected chi connectivity index (χ4v) is 2.33. The predicted octanol–water partition coefficient (Wildman–Crippen LogP) is 3.01. The number of aryl methyl sites for hydroxylation is 1. The largest absolute Gasteiger partial charge is 0.478 e. The Morgan fingerprint density at radius 3 is 3.05 bits per heavy atom. The van der Waals surface area contributed by atoms with Crippen LogP contribution in [0.15, 0.2) is 33.7 Å². The van der Waals surface area contributed by atoms with E-state index in [1.54, 1.807) is 18.2 Å². The maximum atomic E-state index is 10.9. The van der Waals surface area contributed by atoms with Crippen molar-refractivity contribution >= 4 is 17.7 Å². The highest BCUT2D eigenvalue weighted by atomic mass is 32.2. The third kappa shape index (κ3) is 3.82. The van der Waals surface area contributed by atoms with Gasteiger partial charge in [-0.05, 0) is 24.6 Å². The van der Waals surface area contributed by atoms with Gasteiger partial charge in [0.15, 0.2) is 5.82 Å². The van der Waals surface area contributed by atoms with Gasteiger partial charge in [-0.2, -0.15) is 4.98 Å². The molecule has 2 rings (SSSR count). The monoisotopic (exact) mass is 278 g/mol. The fourth-order valence-electron chi connectivity index (χ4n) is 1.54. The van der Waals surface area contributed by atoms with Crippen LogP contribution in [0.4, 0.5) is 0 Å². The molecule has 0 atom stereocenters. The summed E-state index contributed by atoms with van der Waals surface area (Å²) in [5.74, 6) is 0.900. The number of benzene rings is 1. The Morgan fingerprint density at radius 1 is 1.47 bits per heavy atom. The van der Waals surface area contributed by atoms with Crippen LogP contribution in [-0.4, -0.2) is 21.2 Å². The van der Waals surface area contributed by atoms with E-state index >= 15 is 0 Å². The third-order valence-corrected chi connectivity index (χ3v) is 3.41. The second kappa shape index (κ2) is 6.38. The van der Waals surface area contributed by atoms with Crippen LogP contribution in [0, 0.1) is 0 Å². The molecule has 5 nitrogen and oxygen atoms in total. The summed E-state index contributed by atoms with van der Waals surface area (Å²) < 4.78 is 5.12. The van der Waals surface area contributed by atoms with Gasteiger partial charge in [-0.3, -0.25) is 0 Å². The van der Waals surface area contributed by atoms with E-state index in [4.69, 9.17) is 9.63 Å². The minimum absolute atomic E-state index is 0.280. The Kier molecular flexibility index (Phi) is 4.57. The molecule has 0 aliphatic carbocycles. The van der Waals surface area contributed by atoms with Crippen LogP contribution < -0.4 is 0 Å². The van der Waals surface area contributed by atoms with Gasteiger partial charge in [0, 0.05) is 11.3 Å². The summed E-state index contributed by atoms with van der Waals surface area (Å²) in [5, 5.41) is 12.8. The molecule has 1 aromatic carbocycles. The van der Waals surface area contributed by atoms with Crippen LogP contribution in [0.5, 0.6) is 0 Å². The zero-order valence-corrected chi connectivity index (χ0v) is 11.3. The molecule has 0 saturated heterocycles. The second-order valence-corrected chi connectivity index (χ2v) is 5.02. The molecular formula is C13H14N2O3S. The van der Waals surface area contributed by atoms with Crippen LogP contribution in [0.25, 0.3) is 0 Å². The molecule has 0 radical (unpaired) electrons. The molecule has 100 valence electrons. The minimum Gasteiger partial charge on any atom is -0.478 e. The highest BCUT2D eigenvalue weighted by Gasteiger charge is 2.08. The zero-order chi connectivity index (χ0) is 13.7. The molecule has 0 aliphatic heterocycles. The van der Waals surface area contributed by atoms with Crippen molar-refractivity contribution in [3.63, 3.8) is 0 Å². The minimum atomic E-state index is -0.925. The number of hydrogen-bond donors (Lipinski definition) is 1. The number of carboxylic acids is 1. The molecule has 1 heterocycles.